The summed E-state index contributed by atoms with van der Waals surface area (Å²) in [4.78, 5) is 25.5. The van der Waals surface area contributed by atoms with Gasteiger partial charge in [0.15, 0.2) is 0 Å². The van der Waals surface area contributed by atoms with Gasteiger partial charge in [-0.2, -0.15) is 0 Å². The normalized spacial score (nSPS) is 38.0. The largest absolute Gasteiger partial charge is 0.348 e. The second kappa shape index (κ2) is 6.76. The quantitative estimate of drug-likeness (QED) is 0.753. The number of carbonyl (C=O) groups is 2. The van der Waals surface area contributed by atoms with E-state index in [1.165, 1.54) is 17.5 Å². The van der Waals surface area contributed by atoms with Crippen LogP contribution in [0.2, 0.25) is 0 Å². The van der Waals surface area contributed by atoms with Crippen LogP contribution in [0.5, 0.6) is 0 Å². The number of fused-ring (bicyclic) bond motifs is 1. The lowest BCUT2D eigenvalue weighted by molar-refractivity contribution is -0.145. The molecule has 0 saturated heterocycles. The van der Waals surface area contributed by atoms with Gasteiger partial charge in [-0.25, -0.2) is 0 Å². The predicted molar refractivity (Wildman–Crippen MR) is 109 cm³/mol. The Balaban J connectivity index is 1.20. The first-order valence-electron chi connectivity index (χ1n) is 10.8. The Morgan fingerprint density at radius 2 is 1.86 bits per heavy atom. The molecule has 1 aromatic rings. The number of halogens is 1. The third-order valence-corrected chi connectivity index (χ3v) is 8.03. The van der Waals surface area contributed by atoms with E-state index in [2.05, 4.69) is 28.8 Å². The molecule has 0 radical (unpaired) electrons. The summed E-state index contributed by atoms with van der Waals surface area (Å²) in [5.74, 6) is 1.11. The van der Waals surface area contributed by atoms with Crippen LogP contribution in [0, 0.1) is 17.3 Å². The second-order valence-electron chi connectivity index (χ2n) is 9.79. The van der Waals surface area contributed by atoms with Crippen LogP contribution in [-0.2, 0) is 16.0 Å². The molecule has 0 heterocycles. The van der Waals surface area contributed by atoms with Crippen LogP contribution in [0.3, 0.4) is 0 Å². The van der Waals surface area contributed by atoms with Gasteiger partial charge in [0.1, 0.15) is 0 Å². The molecule has 6 rings (SSSR count). The van der Waals surface area contributed by atoms with Crippen molar-refractivity contribution in [1.29, 1.82) is 0 Å². The fourth-order valence-corrected chi connectivity index (χ4v) is 7.61. The first kappa shape index (κ1) is 18.5. The Hall–Kier alpha value is -1.55. The van der Waals surface area contributed by atoms with E-state index in [0.29, 0.717) is 11.8 Å². The molecule has 4 bridgehead atoms. The van der Waals surface area contributed by atoms with E-state index in [4.69, 9.17) is 11.6 Å². The number of carbonyl (C=O) groups excluding carboxylic acids is 2. The molecule has 5 aliphatic carbocycles. The van der Waals surface area contributed by atoms with Crippen LogP contribution in [0.4, 0.5) is 0 Å². The summed E-state index contributed by atoms with van der Waals surface area (Å²) >= 11 is 6.84. The first-order chi connectivity index (χ1) is 13.4. The van der Waals surface area contributed by atoms with E-state index in [1.807, 2.05) is 6.07 Å². The molecule has 150 valence electrons. The van der Waals surface area contributed by atoms with Gasteiger partial charge >= 0.3 is 0 Å². The molecule has 5 heteroatoms. The maximum absolute atomic E-state index is 13.1. The van der Waals surface area contributed by atoms with Crippen molar-refractivity contribution in [2.75, 3.05) is 6.54 Å². The highest BCUT2D eigenvalue weighted by Crippen LogP contribution is 2.63. The Bertz CT molecular complexity index is 794. The highest BCUT2D eigenvalue weighted by molar-refractivity contribution is 6.24. The van der Waals surface area contributed by atoms with Crippen molar-refractivity contribution in [2.24, 2.45) is 17.3 Å². The zero-order valence-electron chi connectivity index (χ0n) is 16.3. The minimum absolute atomic E-state index is 0.0471. The number of hydrogen-bond acceptors (Lipinski definition) is 2. The van der Waals surface area contributed by atoms with Gasteiger partial charge in [-0.3, -0.25) is 9.59 Å². The zero-order valence-corrected chi connectivity index (χ0v) is 17.1. The van der Waals surface area contributed by atoms with Gasteiger partial charge in [-0.05, 0) is 80.8 Å². The molecule has 0 aliphatic heterocycles. The molecule has 2 amide bonds. The van der Waals surface area contributed by atoms with E-state index in [9.17, 15) is 9.59 Å². The van der Waals surface area contributed by atoms with E-state index >= 15 is 0 Å². The number of amides is 2. The number of alkyl halides is 1. The van der Waals surface area contributed by atoms with Crippen LogP contribution < -0.4 is 10.6 Å². The Morgan fingerprint density at radius 1 is 1.11 bits per heavy atom. The highest BCUT2D eigenvalue weighted by atomic mass is 35.5. The van der Waals surface area contributed by atoms with Crippen LogP contribution >= 0.6 is 11.6 Å². The molecule has 0 spiro atoms. The Kier molecular flexibility index (Phi) is 4.46. The molecule has 0 aromatic heterocycles. The molecule has 2 N–H and O–H groups in total. The van der Waals surface area contributed by atoms with Crippen LogP contribution in [0.25, 0.3) is 0 Å². The lowest BCUT2D eigenvalue weighted by atomic mass is 9.49. The predicted octanol–water partition coefficient (Wildman–Crippen LogP) is 3.87. The van der Waals surface area contributed by atoms with Crippen molar-refractivity contribution in [3.05, 3.63) is 35.4 Å². The molecule has 2 unspecified atom stereocenters. The molecular weight excluding hydrogens is 372 g/mol. The highest BCUT2D eigenvalue weighted by Gasteiger charge is 2.60. The van der Waals surface area contributed by atoms with Gasteiger partial charge in [-0.1, -0.05) is 24.3 Å². The summed E-state index contributed by atoms with van der Waals surface area (Å²) in [6.07, 6.45) is 9.12. The van der Waals surface area contributed by atoms with Crippen molar-refractivity contribution in [2.45, 2.75) is 68.7 Å². The number of rotatable bonds is 4. The fourth-order valence-electron chi connectivity index (χ4n) is 6.91. The molecule has 1 aromatic carbocycles. The fraction of sp³-hybridized carbons (Fsp3) is 0.652. The van der Waals surface area contributed by atoms with Crippen molar-refractivity contribution in [3.8, 4) is 0 Å². The third-order valence-electron chi connectivity index (χ3n) is 7.59. The smallest absolute Gasteiger partial charge is 0.239 e. The summed E-state index contributed by atoms with van der Waals surface area (Å²) in [5, 5.41) is 6.09. The molecule has 28 heavy (non-hydrogen) atoms. The standard InChI is InChI=1S/C23H29ClN2O2/c24-23-11-15-8-16(12-23)10-22(9-15,14-23)21(28)25-13-20(27)26-19-7-3-5-17-4-1-2-6-18(17)19/h1-2,4,6,15-16,19H,3,5,7-14H2,(H,25,28)(H,26,27)/t15-,16+,19-,22?,23?/m0/s1. The van der Waals surface area contributed by atoms with E-state index in [-0.39, 0.29) is 34.7 Å². The van der Waals surface area contributed by atoms with Gasteiger partial charge in [-0.15, -0.1) is 11.6 Å². The van der Waals surface area contributed by atoms with Gasteiger partial charge in [0.05, 0.1) is 18.0 Å². The number of nitrogens with one attached hydrogen (secondary N) is 2. The van der Waals surface area contributed by atoms with E-state index in [0.717, 1.165) is 51.4 Å². The maximum atomic E-state index is 13.1. The molecule has 4 fully saturated rings. The maximum Gasteiger partial charge on any atom is 0.239 e. The van der Waals surface area contributed by atoms with Crippen molar-refractivity contribution >= 4 is 23.4 Å². The molecule has 4 saturated carbocycles. The number of aryl methyl sites for hydroxylation is 1. The van der Waals surface area contributed by atoms with Crippen molar-refractivity contribution in [3.63, 3.8) is 0 Å². The van der Waals surface area contributed by atoms with Crippen LogP contribution in [-0.4, -0.2) is 23.2 Å². The van der Waals surface area contributed by atoms with E-state index in [1.54, 1.807) is 0 Å². The molecule has 5 aliphatic rings. The minimum Gasteiger partial charge on any atom is -0.348 e. The summed E-state index contributed by atoms with van der Waals surface area (Å²) in [6.45, 7) is 0.0594. The number of hydrogen-bond donors (Lipinski definition) is 2. The summed E-state index contributed by atoms with van der Waals surface area (Å²) in [6, 6.07) is 8.39. The minimum atomic E-state index is -0.344. The van der Waals surface area contributed by atoms with Gasteiger partial charge in [0, 0.05) is 4.87 Å². The van der Waals surface area contributed by atoms with Gasteiger partial charge < -0.3 is 10.6 Å². The van der Waals surface area contributed by atoms with Crippen molar-refractivity contribution < 1.29 is 9.59 Å². The van der Waals surface area contributed by atoms with Crippen molar-refractivity contribution in [1.82, 2.24) is 10.6 Å². The molecular formula is C23H29ClN2O2. The average Bonchev–Trinajstić information content (AvgIpc) is 2.64. The van der Waals surface area contributed by atoms with E-state index < -0.39 is 0 Å². The molecule has 4 nitrogen and oxygen atoms in total. The third kappa shape index (κ3) is 3.24. The Labute approximate surface area is 171 Å². The van der Waals surface area contributed by atoms with Gasteiger partial charge in [0.2, 0.25) is 11.8 Å². The lowest BCUT2D eigenvalue weighted by Crippen LogP contribution is -2.59. The summed E-state index contributed by atoms with van der Waals surface area (Å²) in [7, 11) is 0. The SMILES string of the molecule is O=C(CNC(=O)C12C[C@@H]3C[C@@H](CC(Cl)(C3)C1)C2)N[C@H]1CCCc2ccccc21. The number of benzene rings is 1. The monoisotopic (exact) mass is 400 g/mol. The summed E-state index contributed by atoms with van der Waals surface area (Å²) < 4.78 is 0. The van der Waals surface area contributed by atoms with Crippen LogP contribution in [0.15, 0.2) is 24.3 Å². The Morgan fingerprint density at radius 3 is 2.61 bits per heavy atom. The van der Waals surface area contributed by atoms with Crippen LogP contribution in [0.1, 0.15) is 68.5 Å². The lowest BCUT2D eigenvalue weighted by Gasteiger charge is -2.59. The zero-order chi connectivity index (χ0) is 19.4. The second-order valence-corrected chi connectivity index (χ2v) is 10.6. The topological polar surface area (TPSA) is 58.2 Å². The molecule has 5 atom stereocenters. The first-order valence-corrected chi connectivity index (χ1v) is 11.2. The van der Waals surface area contributed by atoms with Gasteiger partial charge in [0.25, 0.3) is 0 Å². The average molecular weight is 401 g/mol. The summed E-state index contributed by atoms with van der Waals surface area (Å²) in [5.41, 5.74) is 2.20.